The second-order valence-corrected chi connectivity index (χ2v) is 9.10. The van der Waals surface area contributed by atoms with Gasteiger partial charge < -0.3 is 15.1 Å². The van der Waals surface area contributed by atoms with Crippen LogP contribution in [-0.4, -0.2) is 35.5 Å². The molecule has 30 heavy (non-hydrogen) atoms. The van der Waals surface area contributed by atoms with Crippen molar-refractivity contribution in [3.63, 3.8) is 0 Å². The molecule has 1 aromatic heterocycles. The summed E-state index contributed by atoms with van der Waals surface area (Å²) in [6, 6.07) is 6.80. The van der Waals surface area contributed by atoms with Crippen LogP contribution in [-0.2, 0) is 4.79 Å². The van der Waals surface area contributed by atoms with Gasteiger partial charge in [-0.2, -0.15) is 4.98 Å². The first-order valence-electron chi connectivity index (χ1n) is 10.7. The SMILES string of the molecule is C[C@H](Nc1ncc2c(n1)N(C1CCCC1)CC(C)(C)C(=O)N2C)c1ccccc1F. The van der Waals surface area contributed by atoms with Gasteiger partial charge >= 0.3 is 0 Å². The molecule has 2 heterocycles. The Morgan fingerprint density at radius 3 is 2.63 bits per heavy atom. The van der Waals surface area contributed by atoms with Crippen molar-refractivity contribution in [1.82, 2.24) is 9.97 Å². The number of rotatable bonds is 4. The molecule has 2 aliphatic rings. The number of benzene rings is 1. The summed E-state index contributed by atoms with van der Waals surface area (Å²) in [5.74, 6) is 1.02. The van der Waals surface area contributed by atoms with Crippen molar-refractivity contribution in [2.45, 2.75) is 58.5 Å². The summed E-state index contributed by atoms with van der Waals surface area (Å²) in [5.41, 5.74) is 0.769. The van der Waals surface area contributed by atoms with E-state index in [1.807, 2.05) is 26.8 Å². The third-order valence-electron chi connectivity index (χ3n) is 6.32. The number of carbonyl (C=O) groups is 1. The highest BCUT2D eigenvalue weighted by molar-refractivity contribution is 6.00. The van der Waals surface area contributed by atoms with Crippen LogP contribution in [0.4, 0.5) is 21.8 Å². The number of nitrogens with one attached hydrogen (secondary N) is 1. The van der Waals surface area contributed by atoms with E-state index >= 15 is 0 Å². The molecule has 1 aromatic carbocycles. The lowest BCUT2D eigenvalue weighted by Gasteiger charge is -2.34. The van der Waals surface area contributed by atoms with E-state index in [0.29, 0.717) is 24.1 Å². The quantitative estimate of drug-likeness (QED) is 0.800. The summed E-state index contributed by atoms with van der Waals surface area (Å²) < 4.78 is 14.2. The molecule has 160 valence electrons. The first-order valence-corrected chi connectivity index (χ1v) is 10.7. The van der Waals surface area contributed by atoms with E-state index in [2.05, 4.69) is 15.2 Å². The van der Waals surface area contributed by atoms with Crippen molar-refractivity contribution in [3.8, 4) is 0 Å². The number of amides is 1. The fraction of sp³-hybridized carbons (Fsp3) is 0.522. The van der Waals surface area contributed by atoms with Crippen LogP contribution in [0.1, 0.15) is 58.1 Å². The number of hydrogen-bond acceptors (Lipinski definition) is 5. The van der Waals surface area contributed by atoms with Gasteiger partial charge in [-0.15, -0.1) is 0 Å². The highest BCUT2D eigenvalue weighted by Gasteiger charge is 2.41. The molecule has 1 aliphatic carbocycles. The zero-order chi connectivity index (χ0) is 21.5. The van der Waals surface area contributed by atoms with Crippen LogP contribution in [0.25, 0.3) is 0 Å². The minimum Gasteiger partial charge on any atom is -0.351 e. The molecule has 1 fully saturated rings. The zero-order valence-corrected chi connectivity index (χ0v) is 18.2. The molecule has 4 rings (SSSR count). The van der Waals surface area contributed by atoms with Gasteiger partial charge in [-0.3, -0.25) is 4.79 Å². The number of aromatic nitrogens is 2. The molecule has 1 N–H and O–H groups in total. The molecule has 0 spiro atoms. The Balaban J connectivity index is 1.71. The number of halogens is 1. The normalized spacial score (nSPS) is 20.1. The van der Waals surface area contributed by atoms with Crippen LogP contribution >= 0.6 is 0 Å². The highest BCUT2D eigenvalue weighted by Crippen LogP contribution is 2.40. The van der Waals surface area contributed by atoms with Gasteiger partial charge in [-0.1, -0.05) is 31.0 Å². The highest BCUT2D eigenvalue weighted by atomic mass is 19.1. The van der Waals surface area contributed by atoms with Crippen molar-refractivity contribution in [3.05, 3.63) is 41.8 Å². The van der Waals surface area contributed by atoms with Gasteiger partial charge in [-0.05, 0) is 39.7 Å². The van der Waals surface area contributed by atoms with Gasteiger partial charge in [-0.25, -0.2) is 9.37 Å². The fourth-order valence-electron chi connectivity index (χ4n) is 4.63. The minimum atomic E-state index is -0.522. The lowest BCUT2D eigenvalue weighted by atomic mass is 9.91. The Kier molecular flexibility index (Phi) is 5.38. The number of carbonyl (C=O) groups excluding carboxylic acids is 1. The topological polar surface area (TPSA) is 61.4 Å². The first-order chi connectivity index (χ1) is 14.3. The Labute approximate surface area is 177 Å². The van der Waals surface area contributed by atoms with E-state index < -0.39 is 5.41 Å². The zero-order valence-electron chi connectivity index (χ0n) is 18.2. The van der Waals surface area contributed by atoms with Crippen molar-refractivity contribution in [1.29, 1.82) is 0 Å². The molecule has 6 nitrogen and oxygen atoms in total. The second kappa shape index (κ2) is 7.85. The molecular formula is C23H30FN5O. The Morgan fingerprint density at radius 2 is 1.93 bits per heavy atom. The molecule has 1 atom stereocenters. The maximum absolute atomic E-state index is 14.2. The summed E-state index contributed by atoms with van der Waals surface area (Å²) >= 11 is 0. The van der Waals surface area contributed by atoms with E-state index in [-0.39, 0.29) is 17.8 Å². The Hall–Kier alpha value is -2.70. The first kappa shape index (κ1) is 20.6. The molecule has 0 unspecified atom stereocenters. The maximum atomic E-state index is 14.2. The number of hydrogen-bond donors (Lipinski definition) is 1. The van der Waals surface area contributed by atoms with Crippen molar-refractivity contribution >= 4 is 23.4 Å². The van der Waals surface area contributed by atoms with Gasteiger partial charge in [0.1, 0.15) is 11.5 Å². The predicted octanol–water partition coefficient (Wildman–Crippen LogP) is 4.54. The van der Waals surface area contributed by atoms with Crippen LogP contribution in [0.2, 0.25) is 0 Å². The third-order valence-corrected chi connectivity index (χ3v) is 6.32. The van der Waals surface area contributed by atoms with Crippen LogP contribution < -0.4 is 15.1 Å². The summed E-state index contributed by atoms with van der Waals surface area (Å²) in [5, 5.41) is 3.24. The molecule has 0 saturated heterocycles. The Morgan fingerprint density at radius 1 is 1.23 bits per heavy atom. The third kappa shape index (κ3) is 3.73. The average Bonchev–Trinajstić information content (AvgIpc) is 3.23. The lowest BCUT2D eigenvalue weighted by Crippen LogP contribution is -2.45. The molecule has 0 radical (unpaired) electrons. The summed E-state index contributed by atoms with van der Waals surface area (Å²) in [4.78, 5) is 26.3. The molecule has 1 aliphatic heterocycles. The van der Waals surface area contributed by atoms with E-state index in [0.717, 1.165) is 24.3 Å². The monoisotopic (exact) mass is 411 g/mol. The fourth-order valence-corrected chi connectivity index (χ4v) is 4.63. The van der Waals surface area contributed by atoms with E-state index in [9.17, 15) is 9.18 Å². The second-order valence-electron chi connectivity index (χ2n) is 9.10. The number of nitrogens with zero attached hydrogens (tertiary/aromatic N) is 4. The van der Waals surface area contributed by atoms with Crippen LogP contribution in [0.3, 0.4) is 0 Å². The van der Waals surface area contributed by atoms with Gasteiger partial charge in [0.05, 0.1) is 17.7 Å². The van der Waals surface area contributed by atoms with Gasteiger partial charge in [0, 0.05) is 25.2 Å². The van der Waals surface area contributed by atoms with Gasteiger partial charge in [0.25, 0.3) is 0 Å². The van der Waals surface area contributed by atoms with E-state index in [4.69, 9.17) is 4.98 Å². The molecule has 7 heteroatoms. The lowest BCUT2D eigenvalue weighted by molar-refractivity contribution is -0.125. The minimum absolute atomic E-state index is 0.0632. The van der Waals surface area contributed by atoms with Crippen LogP contribution in [0, 0.1) is 11.2 Å². The summed E-state index contributed by atoms with van der Waals surface area (Å²) in [7, 11) is 1.79. The largest absolute Gasteiger partial charge is 0.351 e. The van der Waals surface area contributed by atoms with Crippen LogP contribution in [0.15, 0.2) is 30.5 Å². The maximum Gasteiger partial charge on any atom is 0.234 e. The van der Waals surface area contributed by atoms with E-state index in [1.54, 1.807) is 30.3 Å². The summed E-state index contributed by atoms with van der Waals surface area (Å²) in [6.45, 7) is 6.49. The Bertz CT molecular complexity index is 941. The van der Waals surface area contributed by atoms with Crippen molar-refractivity contribution < 1.29 is 9.18 Å². The van der Waals surface area contributed by atoms with Gasteiger partial charge in [0.2, 0.25) is 11.9 Å². The van der Waals surface area contributed by atoms with E-state index in [1.165, 1.54) is 18.9 Å². The average molecular weight is 412 g/mol. The van der Waals surface area contributed by atoms with Crippen molar-refractivity contribution in [2.75, 3.05) is 28.7 Å². The molecule has 0 bridgehead atoms. The number of fused-ring (bicyclic) bond motifs is 1. The summed E-state index contributed by atoms with van der Waals surface area (Å²) in [6.07, 6.45) is 6.31. The van der Waals surface area contributed by atoms with Crippen LogP contribution in [0.5, 0.6) is 0 Å². The molecule has 2 aromatic rings. The van der Waals surface area contributed by atoms with Crippen molar-refractivity contribution in [2.24, 2.45) is 5.41 Å². The predicted molar refractivity (Wildman–Crippen MR) is 117 cm³/mol. The standard InChI is InChI=1S/C23H30FN5O/c1-15(17-11-7-8-12-18(17)24)26-22-25-13-19-20(27-22)29(16-9-5-6-10-16)14-23(2,3)21(30)28(19)4/h7-8,11-13,15-16H,5-6,9-10,14H2,1-4H3,(H,25,26,27)/t15-/m0/s1. The van der Waals surface area contributed by atoms with Gasteiger partial charge in [0.15, 0.2) is 5.82 Å². The molecule has 1 saturated carbocycles. The number of anilines is 3. The molecular weight excluding hydrogens is 381 g/mol. The molecule has 1 amide bonds. The smallest absolute Gasteiger partial charge is 0.234 e.